The summed E-state index contributed by atoms with van der Waals surface area (Å²) < 4.78 is 0. The Bertz CT molecular complexity index is 1170. The van der Waals surface area contributed by atoms with Crippen molar-refractivity contribution in [1.29, 1.82) is 0 Å². The number of nitrogens with one attached hydrogen (secondary N) is 3. The standard InChI is InChI=1S/C26H33N5O8/c1-14(29-24(36)19(27)12-15-2-6-17(32)7-3-15)23(35)30-20(10-11-22(28)34)25(37)31-21(26(38)39)13-16-4-8-18(33)9-5-16/h2-9,14,19-21,32-33H,10-13,27H2,1H3,(H2,28,34)(H,29,36)(H,30,35)(H,31,37)(H,38,39). The van der Waals surface area contributed by atoms with Crippen LogP contribution < -0.4 is 27.4 Å². The number of carbonyl (C=O) groups is 5. The molecule has 0 aromatic heterocycles. The number of amides is 4. The zero-order valence-electron chi connectivity index (χ0n) is 21.3. The second-order valence-electron chi connectivity index (χ2n) is 9.04. The van der Waals surface area contributed by atoms with Gasteiger partial charge in [0, 0.05) is 12.8 Å². The number of phenolic OH excluding ortho intramolecular Hbond substituents is 2. The highest BCUT2D eigenvalue weighted by molar-refractivity contribution is 5.94. The summed E-state index contributed by atoms with van der Waals surface area (Å²) in [5, 5.41) is 35.6. The molecule has 2 aromatic carbocycles. The molecule has 0 radical (unpaired) electrons. The van der Waals surface area contributed by atoms with Crippen LogP contribution in [0.15, 0.2) is 48.5 Å². The molecule has 0 bridgehead atoms. The maximum atomic E-state index is 12.9. The summed E-state index contributed by atoms with van der Waals surface area (Å²) in [5.41, 5.74) is 12.3. The van der Waals surface area contributed by atoms with Crippen molar-refractivity contribution in [3.05, 3.63) is 59.7 Å². The maximum absolute atomic E-state index is 12.9. The van der Waals surface area contributed by atoms with Crippen molar-refractivity contribution >= 4 is 29.6 Å². The number of benzene rings is 2. The fraction of sp³-hybridized carbons (Fsp3) is 0.346. The van der Waals surface area contributed by atoms with Gasteiger partial charge < -0.3 is 42.7 Å². The van der Waals surface area contributed by atoms with E-state index in [9.17, 15) is 39.3 Å². The number of aromatic hydroxyl groups is 2. The summed E-state index contributed by atoms with van der Waals surface area (Å²) in [6.07, 6.45) is -0.448. The summed E-state index contributed by atoms with van der Waals surface area (Å²) in [6.45, 7) is 1.37. The average molecular weight is 544 g/mol. The Morgan fingerprint density at radius 1 is 0.744 bits per heavy atom. The van der Waals surface area contributed by atoms with Crippen molar-refractivity contribution in [1.82, 2.24) is 16.0 Å². The molecule has 2 aromatic rings. The number of phenols is 2. The van der Waals surface area contributed by atoms with E-state index < -0.39 is 53.8 Å². The smallest absolute Gasteiger partial charge is 0.326 e. The van der Waals surface area contributed by atoms with Gasteiger partial charge in [-0.3, -0.25) is 19.2 Å². The third-order valence-electron chi connectivity index (χ3n) is 5.78. The fourth-order valence-electron chi connectivity index (χ4n) is 3.56. The minimum atomic E-state index is -1.37. The third kappa shape index (κ3) is 10.3. The van der Waals surface area contributed by atoms with Crippen molar-refractivity contribution in [2.45, 2.75) is 56.8 Å². The highest BCUT2D eigenvalue weighted by atomic mass is 16.4. The fourth-order valence-corrected chi connectivity index (χ4v) is 3.56. The highest BCUT2D eigenvalue weighted by Gasteiger charge is 2.29. The van der Waals surface area contributed by atoms with Gasteiger partial charge in [-0.05, 0) is 55.2 Å². The number of hydrogen-bond acceptors (Lipinski definition) is 8. The molecule has 0 saturated heterocycles. The summed E-state index contributed by atoms with van der Waals surface area (Å²) in [5.74, 6) is -4.28. The van der Waals surface area contributed by atoms with E-state index in [2.05, 4.69) is 16.0 Å². The monoisotopic (exact) mass is 543 g/mol. The quantitative estimate of drug-likeness (QED) is 0.146. The van der Waals surface area contributed by atoms with E-state index in [1.54, 1.807) is 12.1 Å². The van der Waals surface area contributed by atoms with Crippen LogP contribution in [-0.2, 0) is 36.8 Å². The van der Waals surface area contributed by atoms with Crippen LogP contribution in [0.3, 0.4) is 0 Å². The third-order valence-corrected chi connectivity index (χ3v) is 5.78. The van der Waals surface area contributed by atoms with E-state index in [1.165, 1.54) is 43.3 Å². The van der Waals surface area contributed by atoms with E-state index in [0.717, 1.165) is 0 Å². The van der Waals surface area contributed by atoms with Crippen LogP contribution in [0.1, 0.15) is 30.9 Å². The van der Waals surface area contributed by atoms with Gasteiger partial charge in [0.15, 0.2) is 0 Å². The number of primary amides is 1. The van der Waals surface area contributed by atoms with Crippen LogP contribution in [0.4, 0.5) is 0 Å². The van der Waals surface area contributed by atoms with Crippen LogP contribution >= 0.6 is 0 Å². The first-order chi connectivity index (χ1) is 18.3. The molecule has 10 N–H and O–H groups in total. The lowest BCUT2D eigenvalue weighted by molar-refractivity contribution is -0.142. The molecule has 0 aliphatic heterocycles. The van der Waals surface area contributed by atoms with Gasteiger partial charge in [0.25, 0.3) is 0 Å². The molecule has 13 nitrogen and oxygen atoms in total. The zero-order valence-corrected chi connectivity index (χ0v) is 21.3. The number of carboxylic acid groups (broad SMARTS) is 1. The molecule has 13 heteroatoms. The molecule has 2 rings (SSSR count). The Morgan fingerprint density at radius 2 is 1.23 bits per heavy atom. The molecule has 0 heterocycles. The number of carboxylic acids is 1. The number of nitrogens with two attached hydrogens (primary N) is 2. The molecule has 39 heavy (non-hydrogen) atoms. The number of hydrogen-bond donors (Lipinski definition) is 8. The highest BCUT2D eigenvalue weighted by Crippen LogP contribution is 2.13. The van der Waals surface area contributed by atoms with E-state index in [-0.39, 0.29) is 37.2 Å². The molecule has 4 atom stereocenters. The molecular weight excluding hydrogens is 510 g/mol. The number of rotatable bonds is 14. The SMILES string of the molecule is CC(NC(=O)C(N)Cc1ccc(O)cc1)C(=O)NC(CCC(N)=O)C(=O)NC(Cc1ccc(O)cc1)C(=O)O. The number of carbonyl (C=O) groups excluding carboxylic acids is 4. The lowest BCUT2D eigenvalue weighted by atomic mass is 10.0. The van der Waals surface area contributed by atoms with Crippen molar-refractivity contribution in [3.63, 3.8) is 0 Å². The minimum Gasteiger partial charge on any atom is -0.508 e. The summed E-state index contributed by atoms with van der Waals surface area (Å²) in [4.78, 5) is 61.3. The van der Waals surface area contributed by atoms with Gasteiger partial charge in [0.1, 0.15) is 29.6 Å². The topological polar surface area (TPSA) is 234 Å². The van der Waals surface area contributed by atoms with Gasteiger partial charge in [0.2, 0.25) is 23.6 Å². The van der Waals surface area contributed by atoms with Gasteiger partial charge in [-0.1, -0.05) is 24.3 Å². The first-order valence-electron chi connectivity index (χ1n) is 12.1. The Hall–Kier alpha value is -4.65. The summed E-state index contributed by atoms with van der Waals surface area (Å²) >= 11 is 0. The van der Waals surface area contributed by atoms with Crippen molar-refractivity contribution < 1.29 is 39.3 Å². The first kappa shape index (κ1) is 30.6. The average Bonchev–Trinajstić information content (AvgIpc) is 2.88. The normalized spacial score (nSPS) is 13.8. The van der Waals surface area contributed by atoms with Crippen LogP contribution in [0.5, 0.6) is 11.5 Å². The Morgan fingerprint density at radius 3 is 1.72 bits per heavy atom. The summed E-state index contributed by atoms with van der Waals surface area (Å²) in [6, 6.07) is 7.03. The number of aliphatic carboxylic acids is 1. The van der Waals surface area contributed by atoms with Crippen LogP contribution in [0.2, 0.25) is 0 Å². The second kappa shape index (κ2) is 14.3. The summed E-state index contributed by atoms with van der Waals surface area (Å²) in [7, 11) is 0. The first-order valence-corrected chi connectivity index (χ1v) is 12.1. The van der Waals surface area contributed by atoms with Gasteiger partial charge in [-0.25, -0.2) is 4.79 Å². The van der Waals surface area contributed by atoms with Gasteiger partial charge in [0.05, 0.1) is 6.04 Å². The lowest BCUT2D eigenvalue weighted by Crippen LogP contribution is -2.56. The molecule has 4 unspecified atom stereocenters. The predicted molar refractivity (Wildman–Crippen MR) is 139 cm³/mol. The van der Waals surface area contributed by atoms with Crippen LogP contribution in [0, 0.1) is 0 Å². The Kier molecular flexibility index (Phi) is 11.2. The van der Waals surface area contributed by atoms with Gasteiger partial charge in [-0.2, -0.15) is 0 Å². The van der Waals surface area contributed by atoms with Crippen molar-refractivity contribution in [2.75, 3.05) is 0 Å². The molecule has 0 spiro atoms. The van der Waals surface area contributed by atoms with Gasteiger partial charge in [-0.15, -0.1) is 0 Å². The largest absolute Gasteiger partial charge is 0.508 e. The molecule has 0 saturated carbocycles. The second-order valence-corrected chi connectivity index (χ2v) is 9.04. The van der Waals surface area contributed by atoms with E-state index >= 15 is 0 Å². The van der Waals surface area contributed by atoms with Crippen molar-refractivity contribution in [2.24, 2.45) is 11.5 Å². The molecular formula is C26H33N5O8. The Balaban J connectivity index is 2.02. The minimum absolute atomic E-state index is 0.00795. The Labute approximate surface area is 224 Å². The molecule has 4 amide bonds. The zero-order chi connectivity index (χ0) is 29.1. The van der Waals surface area contributed by atoms with E-state index in [4.69, 9.17) is 11.5 Å². The molecule has 0 fully saturated rings. The van der Waals surface area contributed by atoms with Crippen molar-refractivity contribution in [3.8, 4) is 11.5 Å². The van der Waals surface area contributed by atoms with Crippen LogP contribution in [0.25, 0.3) is 0 Å². The van der Waals surface area contributed by atoms with E-state index in [0.29, 0.717) is 11.1 Å². The van der Waals surface area contributed by atoms with Gasteiger partial charge >= 0.3 is 5.97 Å². The molecule has 0 aliphatic rings. The van der Waals surface area contributed by atoms with E-state index in [1.807, 2.05) is 0 Å². The molecule has 0 aliphatic carbocycles. The molecule has 210 valence electrons. The van der Waals surface area contributed by atoms with Crippen LogP contribution in [-0.4, -0.2) is 69.1 Å². The maximum Gasteiger partial charge on any atom is 0.326 e. The lowest BCUT2D eigenvalue weighted by Gasteiger charge is -2.23. The predicted octanol–water partition coefficient (Wildman–Crippen LogP) is -0.965.